The third-order valence-corrected chi connectivity index (χ3v) is 4.10. The van der Waals surface area contributed by atoms with Crippen molar-refractivity contribution in [3.05, 3.63) is 39.9 Å². The summed E-state index contributed by atoms with van der Waals surface area (Å²) >= 11 is 0. The van der Waals surface area contributed by atoms with Gasteiger partial charge in [0, 0.05) is 36.7 Å². The van der Waals surface area contributed by atoms with Crippen molar-refractivity contribution in [1.29, 1.82) is 0 Å². The maximum absolute atomic E-state index is 12.5. The fourth-order valence-electron chi connectivity index (χ4n) is 2.97. The van der Waals surface area contributed by atoms with Crippen LogP contribution in [0.5, 0.6) is 0 Å². The molecule has 1 aromatic rings. The van der Waals surface area contributed by atoms with Crippen molar-refractivity contribution in [3.63, 3.8) is 0 Å². The molecule has 2 saturated heterocycles. The molecule has 7 heteroatoms. The molecule has 0 unspecified atom stereocenters. The summed E-state index contributed by atoms with van der Waals surface area (Å²) in [6, 6.07) is 5.73. The number of piperidine rings is 1. The first-order chi connectivity index (χ1) is 10.6. The number of carbonyl (C=O) groups is 1. The van der Waals surface area contributed by atoms with E-state index < -0.39 is 4.92 Å². The molecular weight excluding hydrogens is 288 g/mol. The first-order valence-corrected chi connectivity index (χ1v) is 7.42. The van der Waals surface area contributed by atoms with Crippen LogP contribution in [-0.4, -0.2) is 48.3 Å². The molecule has 1 amide bonds. The van der Waals surface area contributed by atoms with Gasteiger partial charge in [-0.1, -0.05) is 0 Å². The van der Waals surface area contributed by atoms with Gasteiger partial charge < -0.3 is 14.4 Å². The summed E-state index contributed by atoms with van der Waals surface area (Å²) in [5.41, 5.74) is 0.459. The highest BCUT2D eigenvalue weighted by atomic mass is 16.7. The number of non-ortho nitro benzene ring substituents is 1. The summed E-state index contributed by atoms with van der Waals surface area (Å²) in [7, 11) is 0. The average molecular weight is 306 g/mol. The molecule has 1 atom stereocenters. The van der Waals surface area contributed by atoms with E-state index >= 15 is 0 Å². The lowest BCUT2D eigenvalue weighted by atomic mass is 9.96. The molecule has 7 nitrogen and oxygen atoms in total. The molecule has 22 heavy (non-hydrogen) atoms. The van der Waals surface area contributed by atoms with Gasteiger partial charge in [-0.25, -0.2) is 0 Å². The number of nitrogens with zero attached hydrogens (tertiary/aromatic N) is 2. The van der Waals surface area contributed by atoms with Crippen molar-refractivity contribution in [2.45, 2.75) is 19.1 Å². The monoisotopic (exact) mass is 306 g/mol. The zero-order valence-electron chi connectivity index (χ0n) is 12.1. The van der Waals surface area contributed by atoms with E-state index in [1.807, 2.05) is 0 Å². The zero-order chi connectivity index (χ0) is 15.5. The number of carbonyl (C=O) groups excluding carboxylic acids is 1. The second-order valence-corrected chi connectivity index (χ2v) is 5.57. The average Bonchev–Trinajstić information content (AvgIpc) is 3.09. The molecule has 0 spiro atoms. The fourth-order valence-corrected chi connectivity index (χ4v) is 2.97. The number of likely N-dealkylation sites (tertiary alicyclic amines) is 1. The molecule has 0 saturated carbocycles. The van der Waals surface area contributed by atoms with Gasteiger partial charge in [-0.2, -0.15) is 0 Å². The topological polar surface area (TPSA) is 81.9 Å². The standard InChI is InChI=1S/C15H18N2O5/c18-14(11-3-5-13(6-4-11)17(19)20)16-7-1-2-12(10-16)15-21-8-9-22-15/h3-6,12,15H,1-2,7-10H2/t12-/m1/s1. The van der Waals surface area contributed by atoms with Gasteiger partial charge in [0.15, 0.2) is 6.29 Å². The van der Waals surface area contributed by atoms with Crippen molar-refractivity contribution in [2.75, 3.05) is 26.3 Å². The summed E-state index contributed by atoms with van der Waals surface area (Å²) in [5.74, 6) is 0.0934. The highest BCUT2D eigenvalue weighted by Crippen LogP contribution is 2.26. The Hall–Kier alpha value is -1.99. The summed E-state index contributed by atoms with van der Waals surface area (Å²) < 4.78 is 11.1. The Morgan fingerprint density at radius 1 is 1.23 bits per heavy atom. The summed E-state index contributed by atoms with van der Waals surface area (Å²) in [5, 5.41) is 10.7. The number of rotatable bonds is 3. The quantitative estimate of drug-likeness (QED) is 0.628. The molecule has 2 aliphatic heterocycles. The minimum absolute atomic E-state index is 0.0131. The maximum Gasteiger partial charge on any atom is 0.269 e. The van der Waals surface area contributed by atoms with Crippen molar-refractivity contribution in [2.24, 2.45) is 5.92 Å². The minimum Gasteiger partial charge on any atom is -0.350 e. The molecule has 2 fully saturated rings. The summed E-state index contributed by atoms with van der Waals surface area (Å²) in [6.07, 6.45) is 1.67. The Morgan fingerprint density at radius 3 is 2.55 bits per heavy atom. The van der Waals surface area contributed by atoms with Gasteiger partial charge in [0.05, 0.1) is 18.1 Å². The highest BCUT2D eigenvalue weighted by Gasteiger charge is 2.33. The summed E-state index contributed by atoms with van der Waals surface area (Å²) in [6.45, 7) is 2.51. The number of amides is 1. The lowest BCUT2D eigenvalue weighted by Crippen LogP contribution is -2.43. The molecule has 1 aromatic carbocycles. The molecular formula is C15H18N2O5. The SMILES string of the molecule is O=C(c1ccc([N+](=O)[O-])cc1)N1CCC[C@@H](C2OCCO2)C1. The Balaban J connectivity index is 1.67. The largest absolute Gasteiger partial charge is 0.350 e. The lowest BCUT2D eigenvalue weighted by molar-refractivity contribution is -0.384. The van der Waals surface area contributed by atoms with Crippen LogP contribution in [0.4, 0.5) is 5.69 Å². The van der Waals surface area contributed by atoms with E-state index in [4.69, 9.17) is 9.47 Å². The molecule has 2 heterocycles. The van der Waals surface area contributed by atoms with Gasteiger partial charge in [0.2, 0.25) is 0 Å². The van der Waals surface area contributed by atoms with Crippen LogP contribution in [-0.2, 0) is 9.47 Å². The molecule has 118 valence electrons. The van der Waals surface area contributed by atoms with Crippen molar-refractivity contribution in [3.8, 4) is 0 Å². The Morgan fingerprint density at radius 2 is 1.91 bits per heavy atom. The van der Waals surface area contributed by atoms with Crippen LogP contribution in [0.15, 0.2) is 24.3 Å². The van der Waals surface area contributed by atoms with E-state index in [-0.39, 0.29) is 23.8 Å². The van der Waals surface area contributed by atoms with Crippen molar-refractivity contribution >= 4 is 11.6 Å². The highest BCUT2D eigenvalue weighted by molar-refractivity contribution is 5.94. The van der Waals surface area contributed by atoms with Gasteiger partial charge in [-0.3, -0.25) is 14.9 Å². The molecule has 3 rings (SSSR count). The smallest absolute Gasteiger partial charge is 0.269 e. The Bertz CT molecular complexity index is 554. The van der Waals surface area contributed by atoms with Crippen LogP contribution >= 0.6 is 0 Å². The van der Waals surface area contributed by atoms with E-state index in [1.165, 1.54) is 24.3 Å². The number of hydrogen-bond acceptors (Lipinski definition) is 5. The number of ether oxygens (including phenoxy) is 2. The predicted octanol–water partition coefficient (Wildman–Crippen LogP) is 1.82. The van der Waals surface area contributed by atoms with Gasteiger partial charge in [0.25, 0.3) is 11.6 Å². The minimum atomic E-state index is -0.472. The van der Waals surface area contributed by atoms with Crippen LogP contribution in [0.2, 0.25) is 0 Å². The van der Waals surface area contributed by atoms with Gasteiger partial charge in [0.1, 0.15) is 0 Å². The zero-order valence-corrected chi connectivity index (χ0v) is 12.1. The molecule has 0 bridgehead atoms. The molecule has 0 aliphatic carbocycles. The second kappa shape index (κ2) is 6.41. The van der Waals surface area contributed by atoms with E-state index in [1.54, 1.807) is 4.90 Å². The van der Waals surface area contributed by atoms with Crippen LogP contribution in [0.1, 0.15) is 23.2 Å². The van der Waals surface area contributed by atoms with Crippen LogP contribution in [0.3, 0.4) is 0 Å². The molecule has 0 aromatic heterocycles. The predicted molar refractivity (Wildman–Crippen MR) is 77.4 cm³/mol. The number of nitro groups is 1. The van der Waals surface area contributed by atoms with Gasteiger partial charge >= 0.3 is 0 Å². The van der Waals surface area contributed by atoms with E-state index in [2.05, 4.69) is 0 Å². The lowest BCUT2D eigenvalue weighted by Gasteiger charge is -2.34. The van der Waals surface area contributed by atoms with Gasteiger partial charge in [-0.15, -0.1) is 0 Å². The first kappa shape index (κ1) is 14.9. The van der Waals surface area contributed by atoms with Gasteiger partial charge in [-0.05, 0) is 25.0 Å². The van der Waals surface area contributed by atoms with E-state index in [0.717, 1.165) is 12.8 Å². The van der Waals surface area contributed by atoms with E-state index in [9.17, 15) is 14.9 Å². The summed E-state index contributed by atoms with van der Waals surface area (Å²) in [4.78, 5) is 24.5. The molecule has 0 radical (unpaired) electrons. The molecule has 2 aliphatic rings. The number of nitro benzene ring substituents is 1. The maximum atomic E-state index is 12.5. The van der Waals surface area contributed by atoms with Crippen molar-refractivity contribution in [1.82, 2.24) is 4.90 Å². The Kier molecular flexibility index (Phi) is 4.35. The number of benzene rings is 1. The van der Waals surface area contributed by atoms with Crippen LogP contribution < -0.4 is 0 Å². The normalized spacial score (nSPS) is 22.7. The van der Waals surface area contributed by atoms with Crippen LogP contribution in [0.25, 0.3) is 0 Å². The van der Waals surface area contributed by atoms with E-state index in [0.29, 0.717) is 31.9 Å². The first-order valence-electron chi connectivity index (χ1n) is 7.42. The van der Waals surface area contributed by atoms with Crippen LogP contribution in [0, 0.1) is 16.0 Å². The Labute approximate surface area is 128 Å². The fraction of sp³-hybridized carbons (Fsp3) is 0.533. The molecule has 0 N–H and O–H groups in total. The third kappa shape index (κ3) is 3.10. The second-order valence-electron chi connectivity index (χ2n) is 5.57. The van der Waals surface area contributed by atoms with Crippen molar-refractivity contribution < 1.29 is 19.2 Å². The third-order valence-electron chi connectivity index (χ3n) is 4.10. The number of hydrogen-bond donors (Lipinski definition) is 0.